The molecule has 1 fully saturated rings. The Kier molecular flexibility index (Phi) is 3.84. The molecular formula is C19H20N2O3. The van der Waals surface area contributed by atoms with Crippen LogP contribution in [0.3, 0.4) is 0 Å². The van der Waals surface area contributed by atoms with Gasteiger partial charge in [0.1, 0.15) is 12.1 Å². The highest BCUT2D eigenvalue weighted by Crippen LogP contribution is 2.36. The molecule has 124 valence electrons. The molecule has 4 rings (SSSR count). The molecule has 0 bridgehead atoms. The summed E-state index contributed by atoms with van der Waals surface area (Å²) in [4.78, 5) is 16.6. The van der Waals surface area contributed by atoms with Crippen LogP contribution in [0.15, 0.2) is 41.2 Å². The minimum Gasteiger partial charge on any atom is -0.472 e. The van der Waals surface area contributed by atoms with Crippen molar-refractivity contribution < 1.29 is 13.9 Å². The summed E-state index contributed by atoms with van der Waals surface area (Å²) in [6.45, 7) is 0. The summed E-state index contributed by atoms with van der Waals surface area (Å²) in [7, 11) is 1.39. The standard InChI is InChI=1S/C19H20N2O3/c1-23-19(22)13-7-8-17-16(11-13)20-18(14-9-10-24-12-14)21(17)15-5-3-2-4-6-15/h7-12,15H,2-6H2,1H3. The minimum absolute atomic E-state index is 0.339. The van der Waals surface area contributed by atoms with E-state index in [0.29, 0.717) is 11.6 Å². The van der Waals surface area contributed by atoms with Crippen molar-refractivity contribution in [1.82, 2.24) is 9.55 Å². The minimum atomic E-state index is -0.339. The molecule has 0 amide bonds. The molecule has 0 unspecified atom stereocenters. The van der Waals surface area contributed by atoms with Crippen molar-refractivity contribution in [2.75, 3.05) is 7.11 Å². The number of rotatable bonds is 3. The van der Waals surface area contributed by atoms with Gasteiger partial charge in [0.25, 0.3) is 0 Å². The summed E-state index contributed by atoms with van der Waals surface area (Å²) in [6, 6.07) is 7.98. The molecule has 0 radical (unpaired) electrons. The number of fused-ring (bicyclic) bond motifs is 1. The smallest absolute Gasteiger partial charge is 0.337 e. The second kappa shape index (κ2) is 6.15. The maximum Gasteiger partial charge on any atom is 0.337 e. The summed E-state index contributed by atoms with van der Waals surface area (Å²) >= 11 is 0. The van der Waals surface area contributed by atoms with Gasteiger partial charge in [-0.2, -0.15) is 0 Å². The number of esters is 1. The first-order chi connectivity index (χ1) is 11.8. The second-order valence-electron chi connectivity index (χ2n) is 6.30. The van der Waals surface area contributed by atoms with Crippen LogP contribution in [0.25, 0.3) is 22.4 Å². The van der Waals surface area contributed by atoms with Crippen LogP contribution in [-0.4, -0.2) is 22.6 Å². The van der Waals surface area contributed by atoms with Gasteiger partial charge in [-0.25, -0.2) is 9.78 Å². The van der Waals surface area contributed by atoms with Gasteiger partial charge in [0.2, 0.25) is 0 Å². The summed E-state index contributed by atoms with van der Waals surface area (Å²) in [5.74, 6) is 0.571. The summed E-state index contributed by atoms with van der Waals surface area (Å²) in [6.07, 6.45) is 9.51. The molecule has 1 aliphatic carbocycles. The molecule has 5 nitrogen and oxygen atoms in total. The van der Waals surface area contributed by atoms with Crippen LogP contribution >= 0.6 is 0 Å². The lowest BCUT2D eigenvalue weighted by atomic mass is 9.95. The molecule has 0 aliphatic heterocycles. The van der Waals surface area contributed by atoms with Crippen molar-refractivity contribution in [3.05, 3.63) is 42.4 Å². The zero-order valence-electron chi connectivity index (χ0n) is 13.7. The van der Waals surface area contributed by atoms with Crippen molar-refractivity contribution >= 4 is 17.0 Å². The van der Waals surface area contributed by atoms with E-state index in [4.69, 9.17) is 14.1 Å². The Labute approximate surface area is 140 Å². The van der Waals surface area contributed by atoms with Crippen LogP contribution in [-0.2, 0) is 4.74 Å². The number of nitrogens with zero attached hydrogens (tertiary/aromatic N) is 2. The van der Waals surface area contributed by atoms with Crippen molar-refractivity contribution in [1.29, 1.82) is 0 Å². The summed E-state index contributed by atoms with van der Waals surface area (Å²) in [5, 5.41) is 0. The maximum absolute atomic E-state index is 11.8. The SMILES string of the molecule is COC(=O)c1ccc2c(c1)nc(-c1ccoc1)n2C1CCCCC1. The average molecular weight is 324 g/mol. The number of aromatic nitrogens is 2. The van der Waals surface area contributed by atoms with Crippen LogP contribution in [0.2, 0.25) is 0 Å². The zero-order valence-corrected chi connectivity index (χ0v) is 13.7. The monoisotopic (exact) mass is 324 g/mol. The van der Waals surface area contributed by atoms with Crippen LogP contribution in [0.1, 0.15) is 48.5 Å². The van der Waals surface area contributed by atoms with Crippen LogP contribution < -0.4 is 0 Å². The van der Waals surface area contributed by atoms with E-state index in [9.17, 15) is 4.79 Å². The molecule has 0 atom stereocenters. The molecule has 1 saturated carbocycles. The third kappa shape index (κ3) is 2.50. The summed E-state index contributed by atoms with van der Waals surface area (Å²) in [5.41, 5.74) is 3.37. The van der Waals surface area contributed by atoms with Gasteiger partial charge in [0.15, 0.2) is 0 Å². The third-order valence-corrected chi connectivity index (χ3v) is 4.83. The van der Waals surface area contributed by atoms with Crippen molar-refractivity contribution in [2.24, 2.45) is 0 Å². The molecule has 0 saturated heterocycles. The fraction of sp³-hybridized carbons (Fsp3) is 0.368. The first-order valence-electron chi connectivity index (χ1n) is 8.41. The van der Waals surface area contributed by atoms with Crippen LogP contribution in [0.5, 0.6) is 0 Å². The number of carbonyl (C=O) groups is 1. The molecule has 2 heterocycles. The van der Waals surface area contributed by atoms with Gasteiger partial charge in [-0.05, 0) is 37.1 Å². The lowest BCUT2D eigenvalue weighted by Crippen LogP contribution is -2.13. The quantitative estimate of drug-likeness (QED) is 0.661. The average Bonchev–Trinajstić information content (AvgIpc) is 3.28. The largest absolute Gasteiger partial charge is 0.472 e. The van der Waals surface area contributed by atoms with Gasteiger partial charge in [0, 0.05) is 6.04 Å². The van der Waals surface area contributed by atoms with E-state index in [1.807, 2.05) is 24.3 Å². The lowest BCUT2D eigenvalue weighted by molar-refractivity contribution is 0.0601. The van der Waals surface area contributed by atoms with Gasteiger partial charge in [-0.3, -0.25) is 0 Å². The Balaban J connectivity index is 1.89. The highest BCUT2D eigenvalue weighted by molar-refractivity contribution is 5.94. The lowest BCUT2D eigenvalue weighted by Gasteiger charge is -2.25. The van der Waals surface area contributed by atoms with Gasteiger partial charge in [-0.15, -0.1) is 0 Å². The number of carbonyl (C=O) groups excluding carboxylic acids is 1. The van der Waals surface area contributed by atoms with Gasteiger partial charge >= 0.3 is 5.97 Å². The van der Waals surface area contributed by atoms with E-state index >= 15 is 0 Å². The fourth-order valence-electron chi connectivity index (χ4n) is 3.65. The number of ether oxygens (including phenoxy) is 1. The van der Waals surface area contributed by atoms with Crippen LogP contribution in [0.4, 0.5) is 0 Å². The Hall–Kier alpha value is -2.56. The van der Waals surface area contributed by atoms with E-state index in [1.54, 1.807) is 12.5 Å². The van der Waals surface area contributed by atoms with E-state index in [-0.39, 0.29) is 5.97 Å². The highest BCUT2D eigenvalue weighted by Gasteiger charge is 2.23. The molecule has 0 spiro atoms. The van der Waals surface area contributed by atoms with Gasteiger partial charge < -0.3 is 13.7 Å². The number of benzene rings is 1. The molecule has 1 aromatic carbocycles. The number of hydrogen-bond acceptors (Lipinski definition) is 4. The molecule has 0 N–H and O–H groups in total. The van der Waals surface area contributed by atoms with Crippen LogP contribution in [0, 0.1) is 0 Å². The Morgan fingerprint density at radius 1 is 1.25 bits per heavy atom. The maximum atomic E-state index is 11.8. The third-order valence-electron chi connectivity index (χ3n) is 4.83. The second-order valence-corrected chi connectivity index (χ2v) is 6.30. The molecular weight excluding hydrogens is 304 g/mol. The molecule has 24 heavy (non-hydrogen) atoms. The van der Waals surface area contributed by atoms with Gasteiger partial charge in [0.05, 0.1) is 35.5 Å². The molecule has 2 aromatic heterocycles. The Morgan fingerprint density at radius 2 is 2.08 bits per heavy atom. The van der Waals surface area contributed by atoms with Crippen molar-refractivity contribution in [3.63, 3.8) is 0 Å². The summed E-state index contributed by atoms with van der Waals surface area (Å²) < 4.78 is 12.4. The van der Waals surface area contributed by atoms with Crippen molar-refractivity contribution in [2.45, 2.75) is 38.1 Å². The number of furan rings is 1. The fourth-order valence-corrected chi connectivity index (χ4v) is 3.65. The molecule has 1 aliphatic rings. The zero-order chi connectivity index (χ0) is 16.5. The van der Waals surface area contributed by atoms with Crippen molar-refractivity contribution in [3.8, 4) is 11.4 Å². The molecule has 3 aromatic rings. The molecule has 5 heteroatoms. The topological polar surface area (TPSA) is 57.3 Å². The Bertz CT molecular complexity index is 858. The van der Waals surface area contributed by atoms with E-state index in [0.717, 1.165) is 35.3 Å². The van der Waals surface area contributed by atoms with E-state index < -0.39 is 0 Å². The normalized spacial score (nSPS) is 15.7. The number of imidazole rings is 1. The van der Waals surface area contributed by atoms with E-state index in [1.165, 1.54) is 26.4 Å². The Morgan fingerprint density at radius 3 is 2.79 bits per heavy atom. The predicted octanol–water partition coefficient (Wildman–Crippen LogP) is 4.59. The van der Waals surface area contributed by atoms with E-state index in [2.05, 4.69) is 4.57 Å². The number of hydrogen-bond donors (Lipinski definition) is 0. The van der Waals surface area contributed by atoms with Gasteiger partial charge in [-0.1, -0.05) is 19.3 Å². The number of methoxy groups -OCH3 is 1. The first-order valence-corrected chi connectivity index (χ1v) is 8.41. The first kappa shape index (κ1) is 15.0. The highest BCUT2D eigenvalue weighted by atomic mass is 16.5. The predicted molar refractivity (Wildman–Crippen MR) is 90.9 cm³/mol.